The number of aliphatic hydroxyl groups excluding tert-OH is 1. The van der Waals surface area contributed by atoms with Crippen molar-refractivity contribution in [3.8, 4) is 17.2 Å². The largest absolute Gasteiger partial charge is 0.493 e. The topological polar surface area (TPSA) is 74.2 Å². The molecule has 1 aromatic carbocycles. The summed E-state index contributed by atoms with van der Waals surface area (Å²) in [5.41, 5.74) is 0.621. The number of rotatable bonds is 7. The van der Waals surface area contributed by atoms with E-state index in [-0.39, 0.29) is 19.3 Å². The molecule has 6 heteroatoms. The number of methoxy groups -OCH3 is 2. The van der Waals surface area contributed by atoms with Crippen molar-refractivity contribution < 1.29 is 28.8 Å². The van der Waals surface area contributed by atoms with Crippen molar-refractivity contribution in [1.82, 2.24) is 0 Å². The van der Waals surface area contributed by atoms with E-state index in [9.17, 15) is 4.79 Å². The Labute approximate surface area is 118 Å². The van der Waals surface area contributed by atoms with Crippen LogP contribution in [0, 0.1) is 0 Å². The van der Waals surface area contributed by atoms with Crippen LogP contribution in [0.2, 0.25) is 0 Å². The Hall–Kier alpha value is -1.95. The van der Waals surface area contributed by atoms with Gasteiger partial charge < -0.3 is 24.1 Å². The number of esters is 1. The van der Waals surface area contributed by atoms with Gasteiger partial charge in [-0.1, -0.05) is 0 Å². The van der Waals surface area contributed by atoms with Crippen LogP contribution in [0.4, 0.5) is 0 Å². The smallest absolute Gasteiger partial charge is 0.344 e. The number of carbonyl (C=O) groups is 1. The van der Waals surface area contributed by atoms with E-state index < -0.39 is 5.97 Å². The predicted octanol–water partition coefficient (Wildman–Crippen LogP) is 1.53. The number of aliphatic hydroxyl groups is 1. The normalized spacial score (nSPS) is 10.3. The average molecular weight is 284 g/mol. The summed E-state index contributed by atoms with van der Waals surface area (Å²) in [5.74, 6) is 0.583. The van der Waals surface area contributed by atoms with Crippen LogP contribution in [0.15, 0.2) is 12.1 Å². The fourth-order valence-corrected chi connectivity index (χ4v) is 1.60. The molecule has 20 heavy (non-hydrogen) atoms. The molecule has 0 aliphatic heterocycles. The summed E-state index contributed by atoms with van der Waals surface area (Å²) >= 11 is 0. The molecule has 0 amide bonds. The highest BCUT2D eigenvalue weighted by Crippen LogP contribution is 2.38. The Bertz CT molecular complexity index is 430. The molecule has 112 valence electrons. The van der Waals surface area contributed by atoms with Crippen LogP contribution in [0.3, 0.4) is 0 Å². The van der Waals surface area contributed by atoms with Gasteiger partial charge in [-0.05, 0) is 31.5 Å². The van der Waals surface area contributed by atoms with Gasteiger partial charge in [-0.2, -0.15) is 0 Å². The third-order valence-electron chi connectivity index (χ3n) is 2.40. The van der Waals surface area contributed by atoms with Gasteiger partial charge in [0.15, 0.2) is 18.1 Å². The molecular formula is C14H20O6. The van der Waals surface area contributed by atoms with Crippen LogP contribution in [0.1, 0.15) is 19.4 Å². The Kier molecular flexibility index (Phi) is 6.11. The number of carbonyl (C=O) groups excluding carboxylic acids is 1. The summed E-state index contributed by atoms with van der Waals surface area (Å²) in [4.78, 5) is 11.5. The predicted molar refractivity (Wildman–Crippen MR) is 72.2 cm³/mol. The summed E-state index contributed by atoms with van der Waals surface area (Å²) in [6.45, 7) is 3.12. The quantitative estimate of drug-likeness (QED) is 0.765. The van der Waals surface area contributed by atoms with E-state index in [4.69, 9.17) is 24.1 Å². The first kappa shape index (κ1) is 16.1. The van der Waals surface area contributed by atoms with Gasteiger partial charge in [-0.3, -0.25) is 0 Å². The van der Waals surface area contributed by atoms with Crippen LogP contribution in [0.25, 0.3) is 0 Å². The molecule has 0 saturated carbocycles. The molecule has 0 bridgehead atoms. The van der Waals surface area contributed by atoms with E-state index in [0.29, 0.717) is 22.8 Å². The zero-order chi connectivity index (χ0) is 15.1. The molecule has 0 unspecified atom stereocenters. The molecule has 0 aromatic heterocycles. The molecule has 0 aliphatic rings. The first-order valence-electron chi connectivity index (χ1n) is 6.19. The molecule has 6 nitrogen and oxygen atoms in total. The first-order valence-corrected chi connectivity index (χ1v) is 6.19. The van der Waals surface area contributed by atoms with Crippen molar-refractivity contribution in [2.45, 2.75) is 26.6 Å². The number of hydrogen-bond donors (Lipinski definition) is 1. The van der Waals surface area contributed by atoms with Crippen LogP contribution >= 0.6 is 0 Å². The van der Waals surface area contributed by atoms with Crippen LogP contribution in [-0.2, 0) is 16.1 Å². The molecule has 0 atom stereocenters. The zero-order valence-corrected chi connectivity index (χ0v) is 12.1. The minimum atomic E-state index is -0.477. The van der Waals surface area contributed by atoms with Gasteiger partial charge in [0.25, 0.3) is 0 Å². The lowest BCUT2D eigenvalue weighted by Crippen LogP contribution is -2.19. The maximum Gasteiger partial charge on any atom is 0.344 e. The fraction of sp³-hybridized carbons (Fsp3) is 0.500. The van der Waals surface area contributed by atoms with Crippen LogP contribution in [0.5, 0.6) is 17.2 Å². The molecule has 0 saturated heterocycles. The van der Waals surface area contributed by atoms with Gasteiger partial charge >= 0.3 is 5.97 Å². The molecule has 0 aliphatic carbocycles. The molecule has 0 spiro atoms. The zero-order valence-electron chi connectivity index (χ0n) is 12.1. The molecule has 0 fully saturated rings. The van der Waals surface area contributed by atoms with Gasteiger partial charge in [0, 0.05) is 0 Å². The third-order valence-corrected chi connectivity index (χ3v) is 2.40. The Morgan fingerprint density at radius 1 is 1.20 bits per heavy atom. The van der Waals surface area contributed by atoms with Crippen molar-refractivity contribution in [3.05, 3.63) is 17.7 Å². The lowest BCUT2D eigenvalue weighted by atomic mass is 10.2. The van der Waals surface area contributed by atoms with Gasteiger partial charge in [0.1, 0.15) is 0 Å². The van der Waals surface area contributed by atoms with Crippen molar-refractivity contribution in [1.29, 1.82) is 0 Å². The minimum absolute atomic E-state index is 0.150. The van der Waals surface area contributed by atoms with Crippen LogP contribution < -0.4 is 14.2 Å². The standard InChI is InChI=1S/C14H20O6/c1-9(2)20-13(16)8-19-14-11(17-3)5-10(7-15)6-12(14)18-4/h5-6,9,15H,7-8H2,1-4H3. The van der Waals surface area contributed by atoms with Gasteiger partial charge in [0.2, 0.25) is 5.75 Å². The van der Waals surface area contributed by atoms with Crippen molar-refractivity contribution >= 4 is 5.97 Å². The third kappa shape index (κ3) is 4.31. The summed E-state index contributed by atoms with van der Waals surface area (Å²) in [6.07, 6.45) is -0.202. The monoisotopic (exact) mass is 284 g/mol. The van der Waals surface area contributed by atoms with Gasteiger partial charge in [0.05, 0.1) is 26.9 Å². The van der Waals surface area contributed by atoms with E-state index in [1.807, 2.05) is 0 Å². The minimum Gasteiger partial charge on any atom is -0.493 e. The lowest BCUT2D eigenvalue weighted by Gasteiger charge is -2.15. The van der Waals surface area contributed by atoms with E-state index in [2.05, 4.69) is 0 Å². The summed E-state index contributed by atoms with van der Waals surface area (Å²) in [6, 6.07) is 3.23. The maximum absolute atomic E-state index is 11.5. The van der Waals surface area contributed by atoms with E-state index in [0.717, 1.165) is 0 Å². The average Bonchev–Trinajstić information content (AvgIpc) is 2.43. The number of benzene rings is 1. The second-order valence-corrected chi connectivity index (χ2v) is 4.31. The van der Waals surface area contributed by atoms with E-state index in [1.54, 1.807) is 26.0 Å². The van der Waals surface area contributed by atoms with Crippen molar-refractivity contribution in [2.24, 2.45) is 0 Å². The molecule has 0 radical (unpaired) electrons. The molecule has 1 aromatic rings. The first-order chi connectivity index (χ1) is 9.51. The molecule has 0 heterocycles. The molecular weight excluding hydrogens is 264 g/mol. The Morgan fingerprint density at radius 2 is 1.75 bits per heavy atom. The SMILES string of the molecule is COc1cc(CO)cc(OC)c1OCC(=O)OC(C)C. The highest BCUT2D eigenvalue weighted by molar-refractivity contribution is 5.71. The molecule has 1 N–H and O–H groups in total. The Balaban J connectivity index is 2.90. The van der Waals surface area contributed by atoms with E-state index in [1.165, 1.54) is 14.2 Å². The van der Waals surface area contributed by atoms with E-state index >= 15 is 0 Å². The second kappa shape index (κ2) is 7.59. The molecule has 1 rings (SSSR count). The highest BCUT2D eigenvalue weighted by atomic mass is 16.6. The summed E-state index contributed by atoms with van der Waals surface area (Å²) in [5, 5.41) is 9.16. The lowest BCUT2D eigenvalue weighted by molar-refractivity contribution is -0.149. The fourth-order valence-electron chi connectivity index (χ4n) is 1.60. The number of hydrogen-bond acceptors (Lipinski definition) is 6. The van der Waals surface area contributed by atoms with Gasteiger partial charge in [-0.15, -0.1) is 0 Å². The van der Waals surface area contributed by atoms with Crippen LogP contribution in [-0.4, -0.2) is 38.0 Å². The van der Waals surface area contributed by atoms with Crippen molar-refractivity contribution in [3.63, 3.8) is 0 Å². The van der Waals surface area contributed by atoms with Gasteiger partial charge in [-0.25, -0.2) is 4.79 Å². The second-order valence-electron chi connectivity index (χ2n) is 4.31. The number of ether oxygens (including phenoxy) is 4. The van der Waals surface area contributed by atoms with Crippen molar-refractivity contribution in [2.75, 3.05) is 20.8 Å². The highest BCUT2D eigenvalue weighted by Gasteiger charge is 2.16. The summed E-state index contributed by atoms with van der Waals surface area (Å²) in [7, 11) is 2.93. The maximum atomic E-state index is 11.5. The Morgan fingerprint density at radius 3 is 2.15 bits per heavy atom. The summed E-state index contributed by atoms with van der Waals surface area (Å²) < 4.78 is 20.7.